The number of ether oxygens (including phenoxy) is 1. The molecular weight excluding hydrogens is 112 g/mol. The van der Waals surface area contributed by atoms with Crippen molar-refractivity contribution in [1.82, 2.24) is 0 Å². The summed E-state index contributed by atoms with van der Waals surface area (Å²) in [6.07, 6.45) is 4.18. The molecule has 1 nitrogen and oxygen atoms in total. The number of hydrogen-bond donors (Lipinski definition) is 0. The average molecular weight is 126 g/mol. The Kier molecular flexibility index (Phi) is 1.52. The lowest BCUT2D eigenvalue weighted by molar-refractivity contribution is 0.0371. The monoisotopic (exact) mass is 126 g/mol. The van der Waals surface area contributed by atoms with Crippen LogP contribution in [-0.4, -0.2) is 5.60 Å². The van der Waals surface area contributed by atoms with Crippen LogP contribution in [0.1, 0.15) is 26.7 Å². The first-order chi connectivity index (χ1) is 4.17. The lowest BCUT2D eigenvalue weighted by atomic mass is 10.0. The van der Waals surface area contributed by atoms with Crippen LogP contribution >= 0.6 is 0 Å². The maximum Gasteiger partial charge on any atom is 0.105 e. The van der Waals surface area contributed by atoms with E-state index in [-0.39, 0.29) is 5.60 Å². The molecule has 0 aromatic heterocycles. The predicted molar refractivity (Wildman–Crippen MR) is 38.1 cm³/mol. The highest BCUT2D eigenvalue weighted by atomic mass is 16.5. The summed E-state index contributed by atoms with van der Waals surface area (Å²) < 4.78 is 5.32. The van der Waals surface area contributed by atoms with Gasteiger partial charge in [-0.2, -0.15) is 0 Å². The molecule has 0 N–H and O–H groups in total. The van der Waals surface area contributed by atoms with Crippen LogP contribution in [0.25, 0.3) is 0 Å². The van der Waals surface area contributed by atoms with Crippen molar-refractivity contribution in [2.45, 2.75) is 32.3 Å². The Labute approximate surface area is 56.7 Å². The van der Waals surface area contributed by atoms with Crippen molar-refractivity contribution < 1.29 is 4.74 Å². The zero-order valence-electron chi connectivity index (χ0n) is 6.18. The molecule has 1 saturated carbocycles. The molecule has 1 aliphatic carbocycles. The molecule has 1 rings (SSSR count). The minimum Gasteiger partial charge on any atom is -0.496 e. The molecule has 0 saturated heterocycles. The first kappa shape index (κ1) is 6.66. The van der Waals surface area contributed by atoms with E-state index in [0.717, 1.165) is 5.92 Å². The van der Waals surface area contributed by atoms with Crippen molar-refractivity contribution in [3.05, 3.63) is 12.8 Å². The molecule has 1 aliphatic rings. The minimum atomic E-state index is 0.0434. The van der Waals surface area contributed by atoms with Crippen LogP contribution in [0.5, 0.6) is 0 Å². The second kappa shape index (κ2) is 2.05. The molecule has 1 heteroatoms. The van der Waals surface area contributed by atoms with Gasteiger partial charge < -0.3 is 4.74 Å². The summed E-state index contributed by atoms with van der Waals surface area (Å²) in [6, 6.07) is 0. The Balaban J connectivity index is 2.38. The molecule has 0 radical (unpaired) electrons. The fraction of sp³-hybridized carbons (Fsp3) is 0.750. The van der Waals surface area contributed by atoms with Gasteiger partial charge in [0.25, 0.3) is 0 Å². The van der Waals surface area contributed by atoms with Gasteiger partial charge in [-0.1, -0.05) is 6.58 Å². The third-order valence-corrected chi connectivity index (χ3v) is 1.95. The zero-order chi connectivity index (χ0) is 6.91. The normalized spacial score (nSPS) is 19.3. The predicted octanol–water partition coefficient (Wildman–Crippen LogP) is 2.34. The van der Waals surface area contributed by atoms with E-state index in [9.17, 15) is 0 Å². The van der Waals surface area contributed by atoms with Gasteiger partial charge in [0, 0.05) is 0 Å². The quantitative estimate of drug-likeness (QED) is 0.527. The van der Waals surface area contributed by atoms with Gasteiger partial charge in [-0.15, -0.1) is 0 Å². The maximum absolute atomic E-state index is 5.32. The highest BCUT2D eigenvalue weighted by Gasteiger charge is 2.38. The Morgan fingerprint density at radius 1 is 1.56 bits per heavy atom. The molecule has 0 unspecified atom stereocenters. The van der Waals surface area contributed by atoms with E-state index in [2.05, 4.69) is 20.4 Å². The van der Waals surface area contributed by atoms with Crippen molar-refractivity contribution in [3.63, 3.8) is 0 Å². The van der Waals surface area contributed by atoms with Crippen molar-refractivity contribution in [1.29, 1.82) is 0 Å². The molecule has 0 bridgehead atoms. The molecule has 1 fully saturated rings. The van der Waals surface area contributed by atoms with Gasteiger partial charge in [0.05, 0.1) is 6.26 Å². The first-order valence-electron chi connectivity index (χ1n) is 3.45. The summed E-state index contributed by atoms with van der Waals surface area (Å²) in [5.74, 6) is 0.774. The van der Waals surface area contributed by atoms with Crippen LogP contribution < -0.4 is 0 Å². The SMILES string of the molecule is C=COC(C)(C)C1CC1. The molecule has 0 heterocycles. The van der Waals surface area contributed by atoms with Gasteiger partial charge in [0.1, 0.15) is 5.60 Å². The molecule has 0 atom stereocenters. The summed E-state index contributed by atoms with van der Waals surface area (Å²) in [7, 11) is 0. The second-order valence-corrected chi connectivity index (χ2v) is 3.16. The van der Waals surface area contributed by atoms with Crippen LogP contribution in [-0.2, 0) is 4.74 Å². The van der Waals surface area contributed by atoms with E-state index in [0.29, 0.717) is 0 Å². The molecule has 0 aliphatic heterocycles. The van der Waals surface area contributed by atoms with Crippen molar-refractivity contribution in [2.75, 3.05) is 0 Å². The Morgan fingerprint density at radius 3 is 2.44 bits per heavy atom. The molecule has 0 amide bonds. The van der Waals surface area contributed by atoms with Crippen LogP contribution in [0.2, 0.25) is 0 Å². The van der Waals surface area contributed by atoms with E-state index in [1.54, 1.807) is 6.26 Å². The third kappa shape index (κ3) is 1.47. The number of hydrogen-bond acceptors (Lipinski definition) is 1. The van der Waals surface area contributed by atoms with Crippen molar-refractivity contribution >= 4 is 0 Å². The van der Waals surface area contributed by atoms with Gasteiger partial charge in [-0.25, -0.2) is 0 Å². The highest BCUT2D eigenvalue weighted by molar-refractivity contribution is 4.90. The Morgan fingerprint density at radius 2 is 2.11 bits per heavy atom. The lowest BCUT2D eigenvalue weighted by Gasteiger charge is -2.23. The van der Waals surface area contributed by atoms with E-state index in [4.69, 9.17) is 4.74 Å². The second-order valence-electron chi connectivity index (χ2n) is 3.16. The summed E-state index contributed by atoms with van der Waals surface area (Å²) in [5.41, 5.74) is 0.0434. The minimum absolute atomic E-state index is 0.0434. The van der Waals surface area contributed by atoms with Gasteiger partial charge in [0.2, 0.25) is 0 Å². The Hall–Kier alpha value is -0.460. The standard InChI is InChI=1S/C8H14O/c1-4-9-8(2,3)7-5-6-7/h4,7H,1,5-6H2,2-3H3. The molecule has 0 spiro atoms. The summed E-state index contributed by atoms with van der Waals surface area (Å²) >= 11 is 0. The van der Waals surface area contributed by atoms with Gasteiger partial charge in [-0.05, 0) is 32.6 Å². The fourth-order valence-electron chi connectivity index (χ4n) is 1.09. The molecular formula is C8H14O. The number of rotatable bonds is 3. The lowest BCUT2D eigenvalue weighted by Crippen LogP contribution is -2.24. The molecule has 0 aromatic carbocycles. The van der Waals surface area contributed by atoms with Crippen LogP contribution in [0.15, 0.2) is 12.8 Å². The van der Waals surface area contributed by atoms with Gasteiger partial charge in [-0.3, -0.25) is 0 Å². The van der Waals surface area contributed by atoms with Crippen LogP contribution in [0.3, 0.4) is 0 Å². The van der Waals surface area contributed by atoms with Crippen LogP contribution in [0, 0.1) is 5.92 Å². The summed E-state index contributed by atoms with van der Waals surface area (Å²) in [4.78, 5) is 0. The summed E-state index contributed by atoms with van der Waals surface area (Å²) in [5, 5.41) is 0. The van der Waals surface area contributed by atoms with E-state index < -0.39 is 0 Å². The van der Waals surface area contributed by atoms with E-state index >= 15 is 0 Å². The highest BCUT2D eigenvalue weighted by Crippen LogP contribution is 2.41. The van der Waals surface area contributed by atoms with Crippen molar-refractivity contribution in [3.8, 4) is 0 Å². The third-order valence-electron chi connectivity index (χ3n) is 1.95. The van der Waals surface area contributed by atoms with E-state index in [1.165, 1.54) is 12.8 Å². The zero-order valence-corrected chi connectivity index (χ0v) is 6.18. The topological polar surface area (TPSA) is 9.23 Å². The van der Waals surface area contributed by atoms with Gasteiger partial charge >= 0.3 is 0 Å². The average Bonchev–Trinajstić information content (AvgIpc) is 2.41. The fourth-order valence-corrected chi connectivity index (χ4v) is 1.09. The van der Waals surface area contributed by atoms with E-state index in [1.807, 2.05) is 0 Å². The molecule has 9 heavy (non-hydrogen) atoms. The molecule has 0 aromatic rings. The van der Waals surface area contributed by atoms with Gasteiger partial charge in [0.15, 0.2) is 0 Å². The smallest absolute Gasteiger partial charge is 0.105 e. The first-order valence-corrected chi connectivity index (χ1v) is 3.45. The van der Waals surface area contributed by atoms with Crippen molar-refractivity contribution in [2.24, 2.45) is 5.92 Å². The largest absolute Gasteiger partial charge is 0.496 e. The molecule has 52 valence electrons. The van der Waals surface area contributed by atoms with Crippen LogP contribution in [0.4, 0.5) is 0 Å². The Bertz CT molecular complexity index is 112. The summed E-state index contributed by atoms with van der Waals surface area (Å²) in [6.45, 7) is 7.77. The maximum atomic E-state index is 5.32.